The van der Waals surface area contributed by atoms with Gasteiger partial charge < -0.3 is 19.3 Å². The molecular formula is C40H39N5O6. The van der Waals surface area contributed by atoms with Crippen LogP contribution in [-0.4, -0.2) is 55.6 Å². The summed E-state index contributed by atoms with van der Waals surface area (Å²) in [4.78, 5) is 28.5. The first-order chi connectivity index (χ1) is 24.9. The second-order valence-electron chi connectivity index (χ2n) is 12.6. The number of rotatable bonds is 12. The van der Waals surface area contributed by atoms with Gasteiger partial charge in [-0.3, -0.25) is 14.3 Å². The van der Waals surface area contributed by atoms with Gasteiger partial charge in [0.25, 0.3) is 5.56 Å². The zero-order chi connectivity index (χ0) is 35.4. The Kier molecular flexibility index (Phi) is 9.76. The Hall–Kier alpha value is -5.62. The molecule has 3 heterocycles. The van der Waals surface area contributed by atoms with Gasteiger partial charge in [0.1, 0.15) is 29.4 Å². The van der Waals surface area contributed by atoms with E-state index in [-0.39, 0.29) is 18.6 Å². The van der Waals surface area contributed by atoms with E-state index >= 15 is 0 Å². The minimum Gasteiger partial charge on any atom is -0.497 e. The zero-order valence-corrected chi connectivity index (χ0v) is 28.4. The summed E-state index contributed by atoms with van der Waals surface area (Å²) in [6.45, 7) is 2.57. The molecule has 6 aromatic rings. The number of aliphatic hydroxyl groups is 1. The van der Waals surface area contributed by atoms with E-state index in [1.54, 1.807) is 18.0 Å². The summed E-state index contributed by atoms with van der Waals surface area (Å²) >= 11 is 0. The number of nitrogens with one attached hydrogen (secondary N) is 1. The van der Waals surface area contributed by atoms with E-state index in [2.05, 4.69) is 34.4 Å². The van der Waals surface area contributed by atoms with E-state index in [9.17, 15) is 14.7 Å². The van der Waals surface area contributed by atoms with Crippen LogP contribution in [0.5, 0.6) is 5.75 Å². The number of aromatic nitrogens is 5. The highest BCUT2D eigenvalue weighted by Gasteiger charge is 2.42. The number of H-pyrrole nitrogens is 1. The molecule has 2 N–H and O–H groups in total. The molecule has 1 saturated heterocycles. The fourth-order valence-corrected chi connectivity index (χ4v) is 6.61. The molecule has 1 fully saturated rings. The number of hydrogen-bond donors (Lipinski definition) is 2. The first kappa shape index (κ1) is 33.9. The molecule has 0 radical (unpaired) electrons. The van der Waals surface area contributed by atoms with Gasteiger partial charge in [0.2, 0.25) is 0 Å². The van der Waals surface area contributed by atoms with Crippen LogP contribution in [0, 0.1) is 0 Å². The predicted molar refractivity (Wildman–Crippen MR) is 192 cm³/mol. The number of hydrogen-bond acceptors (Lipinski definition) is 8. The molecule has 2 aromatic heterocycles. The summed E-state index contributed by atoms with van der Waals surface area (Å²) in [5.74, 6) is 0.709. The molecule has 11 nitrogen and oxygen atoms in total. The third-order valence-electron chi connectivity index (χ3n) is 9.39. The monoisotopic (exact) mass is 685 g/mol. The number of ether oxygens (including phenoxy) is 3. The van der Waals surface area contributed by atoms with Crippen molar-refractivity contribution in [1.82, 2.24) is 24.5 Å². The summed E-state index contributed by atoms with van der Waals surface area (Å²) in [7, 11) is 1.62. The third kappa shape index (κ3) is 6.91. The van der Waals surface area contributed by atoms with Crippen molar-refractivity contribution in [2.75, 3.05) is 13.7 Å². The molecule has 4 aromatic carbocycles. The predicted octanol–water partition coefficient (Wildman–Crippen LogP) is 5.07. The highest BCUT2D eigenvalue weighted by molar-refractivity contribution is 5.55. The molecule has 1 unspecified atom stereocenters. The Morgan fingerprint density at radius 1 is 0.863 bits per heavy atom. The fraction of sp³-hybridized carbons (Fsp3) is 0.250. The SMILES string of the molecule is CCc1ccc(Cn2cc(-c3cn([C@@H]4CC(O)[C@H](COC(c5ccccc5)(c5ccccc5)c5ccc(OC)cc5)O4)c(=O)[nH]c3=O)nn2)cc1. The van der Waals surface area contributed by atoms with E-state index in [1.807, 2.05) is 97.1 Å². The molecule has 1 aliphatic heterocycles. The average Bonchev–Trinajstić information content (AvgIpc) is 3.79. The largest absolute Gasteiger partial charge is 0.497 e. The minimum absolute atomic E-state index is 0.00793. The molecule has 3 atom stereocenters. The number of methoxy groups -OCH3 is 1. The molecule has 0 spiro atoms. The van der Waals surface area contributed by atoms with Crippen molar-refractivity contribution in [2.45, 2.75) is 50.3 Å². The molecule has 11 heteroatoms. The molecule has 0 aliphatic carbocycles. The molecule has 260 valence electrons. The zero-order valence-electron chi connectivity index (χ0n) is 28.4. The normalized spacial score (nSPS) is 17.4. The van der Waals surface area contributed by atoms with E-state index in [1.165, 1.54) is 16.3 Å². The van der Waals surface area contributed by atoms with E-state index in [4.69, 9.17) is 14.2 Å². The lowest BCUT2D eigenvalue weighted by Gasteiger charge is -2.37. The fourth-order valence-electron chi connectivity index (χ4n) is 6.61. The van der Waals surface area contributed by atoms with Crippen molar-refractivity contribution >= 4 is 0 Å². The highest BCUT2D eigenvalue weighted by Crippen LogP contribution is 2.42. The average molecular weight is 686 g/mol. The molecule has 0 saturated carbocycles. The van der Waals surface area contributed by atoms with Crippen LogP contribution >= 0.6 is 0 Å². The summed E-state index contributed by atoms with van der Waals surface area (Å²) in [5, 5.41) is 19.7. The number of aromatic amines is 1. The Bertz CT molecular complexity index is 2140. The topological polar surface area (TPSA) is 133 Å². The smallest absolute Gasteiger partial charge is 0.330 e. The summed E-state index contributed by atoms with van der Waals surface area (Å²) in [5.41, 5.74) is 3.06. The third-order valence-corrected chi connectivity index (χ3v) is 9.39. The van der Waals surface area contributed by atoms with Crippen molar-refractivity contribution in [3.8, 4) is 17.0 Å². The van der Waals surface area contributed by atoms with Gasteiger partial charge in [-0.15, -0.1) is 5.10 Å². The molecule has 0 bridgehead atoms. The van der Waals surface area contributed by atoms with Crippen LogP contribution in [0.15, 0.2) is 131 Å². The maximum absolute atomic E-state index is 13.1. The van der Waals surface area contributed by atoms with Gasteiger partial charge in [0.15, 0.2) is 0 Å². The molecule has 7 rings (SSSR count). The van der Waals surface area contributed by atoms with Gasteiger partial charge in [-0.2, -0.15) is 0 Å². The van der Waals surface area contributed by atoms with Gasteiger partial charge in [-0.05, 0) is 46.4 Å². The van der Waals surface area contributed by atoms with E-state index < -0.39 is 35.3 Å². The quantitative estimate of drug-likeness (QED) is 0.171. The van der Waals surface area contributed by atoms with Crippen molar-refractivity contribution < 1.29 is 19.3 Å². The van der Waals surface area contributed by atoms with Gasteiger partial charge in [-0.1, -0.05) is 109 Å². The van der Waals surface area contributed by atoms with Crippen LogP contribution in [-0.2, 0) is 28.0 Å². The summed E-state index contributed by atoms with van der Waals surface area (Å²) in [6, 6.07) is 35.7. The van der Waals surface area contributed by atoms with E-state index in [0.29, 0.717) is 18.0 Å². The van der Waals surface area contributed by atoms with Gasteiger partial charge in [0.05, 0.1) is 38.1 Å². The van der Waals surface area contributed by atoms with Crippen molar-refractivity contribution in [1.29, 1.82) is 0 Å². The molecule has 0 amide bonds. The lowest BCUT2D eigenvalue weighted by Crippen LogP contribution is -2.38. The van der Waals surface area contributed by atoms with Crippen LogP contribution < -0.4 is 16.0 Å². The molecule has 1 aliphatic rings. The molecule has 51 heavy (non-hydrogen) atoms. The lowest BCUT2D eigenvalue weighted by molar-refractivity contribution is -0.0944. The standard InChI is InChI=1S/C40H39N5O6/c1-3-27-14-16-28(17-15-27)23-44-25-34(42-43-44)33-24-45(39(48)41-38(33)47)37-22-35(46)36(51-37)26-50-40(29-10-6-4-7-11-29,30-12-8-5-9-13-30)31-18-20-32(49-2)21-19-31/h4-21,24-25,35-37,46H,3,22-23,26H2,1-2H3,(H,41,47,48)/t35?,36-,37-/m0/s1. The molecular weight excluding hydrogens is 646 g/mol. The second-order valence-corrected chi connectivity index (χ2v) is 12.6. The Morgan fingerprint density at radius 3 is 2.12 bits per heavy atom. The van der Waals surface area contributed by atoms with Gasteiger partial charge >= 0.3 is 5.69 Å². The van der Waals surface area contributed by atoms with Crippen LogP contribution in [0.25, 0.3) is 11.3 Å². The first-order valence-corrected chi connectivity index (χ1v) is 16.9. The van der Waals surface area contributed by atoms with Crippen LogP contribution in [0.2, 0.25) is 0 Å². The minimum atomic E-state index is -1.07. The lowest BCUT2D eigenvalue weighted by atomic mass is 9.80. The first-order valence-electron chi connectivity index (χ1n) is 16.9. The summed E-state index contributed by atoms with van der Waals surface area (Å²) < 4.78 is 21.6. The van der Waals surface area contributed by atoms with Crippen LogP contribution in [0.4, 0.5) is 0 Å². The van der Waals surface area contributed by atoms with Crippen molar-refractivity contribution in [2.24, 2.45) is 0 Å². The van der Waals surface area contributed by atoms with Crippen LogP contribution in [0.3, 0.4) is 0 Å². The second kappa shape index (κ2) is 14.7. The Labute approximate surface area is 294 Å². The number of aliphatic hydroxyl groups excluding tert-OH is 1. The highest BCUT2D eigenvalue weighted by atomic mass is 16.6. The number of aryl methyl sites for hydroxylation is 1. The maximum atomic E-state index is 13.1. The Balaban J connectivity index is 1.15. The number of nitrogens with zero attached hydrogens (tertiary/aromatic N) is 4. The maximum Gasteiger partial charge on any atom is 0.330 e. The van der Waals surface area contributed by atoms with E-state index in [0.717, 1.165) is 28.7 Å². The van der Waals surface area contributed by atoms with Crippen molar-refractivity contribution in [3.63, 3.8) is 0 Å². The Morgan fingerprint density at radius 2 is 1.49 bits per heavy atom. The number of benzene rings is 4. The van der Waals surface area contributed by atoms with Gasteiger partial charge in [-0.25, -0.2) is 9.48 Å². The van der Waals surface area contributed by atoms with Crippen LogP contribution in [0.1, 0.15) is 47.4 Å². The van der Waals surface area contributed by atoms with Gasteiger partial charge in [0, 0.05) is 12.6 Å². The van der Waals surface area contributed by atoms with Crippen molar-refractivity contribution in [3.05, 3.63) is 170 Å². The summed E-state index contributed by atoms with van der Waals surface area (Å²) in [6.07, 6.45) is 1.52.